The van der Waals surface area contributed by atoms with Gasteiger partial charge >= 0.3 is 0 Å². The second-order valence-corrected chi connectivity index (χ2v) is 12.4. The van der Waals surface area contributed by atoms with Crippen LogP contribution in [0, 0.1) is 0 Å². The number of hydrogen-bond acceptors (Lipinski definition) is 1. The molecular weight excluding hydrogens is 309 g/mol. The Balaban J connectivity index is 5.27. The monoisotopic (exact) mass is 332 g/mol. The van der Waals surface area contributed by atoms with Gasteiger partial charge in [-0.05, 0) is 20.8 Å². The minimum Gasteiger partial charge on any atom is -0.372 e. The molecule has 0 aliphatic heterocycles. The molecule has 0 N–H and O–H groups in total. The average molecular weight is 332 g/mol. The van der Waals surface area contributed by atoms with Gasteiger partial charge < -0.3 is 4.74 Å². The van der Waals surface area contributed by atoms with Crippen molar-refractivity contribution in [1.82, 2.24) is 0 Å². The maximum Gasteiger partial charge on any atom is 0.138 e. The zero-order chi connectivity index (χ0) is 14.3. The van der Waals surface area contributed by atoms with Gasteiger partial charge in [-0.2, -0.15) is 0 Å². The molecule has 17 heavy (non-hydrogen) atoms. The Bertz CT molecular complexity index is 254. The summed E-state index contributed by atoms with van der Waals surface area (Å²) in [5, 5.41) is -1.12. The highest BCUT2D eigenvalue weighted by molar-refractivity contribution is 7.42. The second kappa shape index (κ2) is 5.84. The van der Waals surface area contributed by atoms with E-state index in [-0.39, 0.29) is 0 Å². The molecule has 7 atom stereocenters. The molecule has 0 rings (SSSR count). The molecule has 0 saturated heterocycles. The molecule has 0 saturated carbocycles. The van der Waals surface area contributed by atoms with E-state index in [0.717, 1.165) is 0 Å². The van der Waals surface area contributed by atoms with Crippen LogP contribution in [-0.2, 0) is 4.74 Å². The van der Waals surface area contributed by atoms with E-state index in [0.29, 0.717) is 0 Å². The molecular formula is C9H23BFOP5. The Morgan fingerprint density at radius 1 is 1.00 bits per heavy atom. The van der Waals surface area contributed by atoms with E-state index in [1.165, 1.54) is 13.8 Å². The van der Waals surface area contributed by atoms with Crippen LogP contribution in [0.2, 0.25) is 0 Å². The maximum absolute atomic E-state index is 14.4. The van der Waals surface area contributed by atoms with Gasteiger partial charge in [-0.15, -0.1) is 37.0 Å². The molecule has 7 unspecified atom stereocenters. The minimum absolute atomic E-state index is 0.409. The minimum atomic E-state index is -1.56. The van der Waals surface area contributed by atoms with E-state index < -0.39 is 26.8 Å². The average Bonchev–Trinajstić information content (AvgIpc) is 1.97. The first-order valence-electron chi connectivity index (χ1n) is 5.19. The fraction of sp³-hybridized carbons (Fsp3) is 1.00. The lowest BCUT2D eigenvalue weighted by Crippen LogP contribution is -2.57. The number of hydrogen-bond donors (Lipinski definition) is 0. The Morgan fingerprint density at radius 2 is 1.35 bits per heavy atom. The molecule has 1 nitrogen and oxygen atoms in total. The van der Waals surface area contributed by atoms with Crippen molar-refractivity contribution in [1.29, 1.82) is 0 Å². The number of rotatable bonds is 5. The van der Waals surface area contributed by atoms with Gasteiger partial charge in [-0.3, -0.25) is 0 Å². The summed E-state index contributed by atoms with van der Waals surface area (Å²) in [4.78, 5) is -0.970. The van der Waals surface area contributed by atoms with Gasteiger partial charge in [0.15, 0.2) is 0 Å². The Kier molecular flexibility index (Phi) is 6.57. The summed E-state index contributed by atoms with van der Waals surface area (Å²) in [7, 11) is 18.8. The number of alkyl halides is 1. The molecule has 0 aliphatic rings. The number of halogens is 1. The summed E-state index contributed by atoms with van der Waals surface area (Å²) in [5.74, 6) is 0. The molecule has 2 radical (unpaired) electrons. The van der Waals surface area contributed by atoms with Gasteiger partial charge in [0.05, 0.1) is 0 Å². The van der Waals surface area contributed by atoms with E-state index in [9.17, 15) is 4.39 Å². The zero-order valence-corrected chi connectivity index (χ0v) is 16.6. The highest BCUT2D eigenvalue weighted by atomic mass is 31.1. The topological polar surface area (TPSA) is 9.23 Å². The zero-order valence-electron chi connectivity index (χ0n) is 10.8. The van der Waals surface area contributed by atoms with Crippen LogP contribution < -0.4 is 0 Å². The lowest BCUT2D eigenvalue weighted by Gasteiger charge is -2.50. The summed E-state index contributed by atoms with van der Waals surface area (Å²) in [6, 6.07) is -0.620. The van der Waals surface area contributed by atoms with Crippen molar-refractivity contribution in [3.63, 3.8) is 0 Å². The van der Waals surface area contributed by atoms with Crippen molar-refractivity contribution in [2.45, 2.75) is 54.5 Å². The quantitative estimate of drug-likeness (QED) is 0.556. The Morgan fingerprint density at radius 3 is 1.53 bits per heavy atom. The van der Waals surface area contributed by atoms with Crippen LogP contribution in [0.1, 0.15) is 27.7 Å². The third-order valence-corrected chi connectivity index (χ3v) is 6.24. The fourth-order valence-corrected chi connectivity index (χ4v) is 2.34. The second-order valence-electron chi connectivity index (χ2n) is 5.40. The van der Waals surface area contributed by atoms with Crippen LogP contribution in [0.4, 0.5) is 4.39 Å². The van der Waals surface area contributed by atoms with E-state index in [4.69, 9.17) is 12.6 Å². The molecule has 0 aromatic heterocycles. The van der Waals surface area contributed by atoms with Crippen LogP contribution in [0.5, 0.6) is 0 Å². The Labute approximate surface area is 118 Å². The van der Waals surface area contributed by atoms with Crippen molar-refractivity contribution >= 4 is 54.0 Å². The van der Waals surface area contributed by atoms with Gasteiger partial charge in [0.25, 0.3) is 0 Å². The highest BCUT2D eigenvalue weighted by Crippen LogP contribution is 2.53. The maximum atomic E-state index is 14.4. The van der Waals surface area contributed by atoms with Crippen molar-refractivity contribution in [2.24, 2.45) is 0 Å². The van der Waals surface area contributed by atoms with E-state index in [2.05, 4.69) is 46.2 Å². The normalized spacial score (nSPS) is 19.9. The van der Waals surface area contributed by atoms with Gasteiger partial charge in [-0.1, -0.05) is 16.2 Å². The first kappa shape index (κ1) is 19.1. The lowest BCUT2D eigenvalue weighted by atomic mass is 9.93. The third-order valence-electron chi connectivity index (χ3n) is 2.61. The molecule has 0 heterocycles. The standard InChI is InChI=1S/C9H23BFOP5/c1-6(2,11)9(17,8(4,15)16)12-5(10)7(3,13)14/h5H,13-17H2,1-4H3. The van der Waals surface area contributed by atoms with E-state index in [1.54, 1.807) is 0 Å². The molecule has 0 aliphatic carbocycles. The predicted molar refractivity (Wildman–Crippen MR) is 93.9 cm³/mol. The summed E-state index contributed by atoms with van der Waals surface area (Å²) < 4.78 is 20.3. The van der Waals surface area contributed by atoms with Gasteiger partial charge in [0.2, 0.25) is 0 Å². The largest absolute Gasteiger partial charge is 0.372 e. The predicted octanol–water partition coefficient (Wildman–Crippen LogP) is 2.75. The third kappa shape index (κ3) is 4.85. The van der Waals surface area contributed by atoms with Gasteiger partial charge in [0, 0.05) is 15.8 Å². The van der Waals surface area contributed by atoms with Gasteiger partial charge in [-0.25, -0.2) is 4.39 Å². The van der Waals surface area contributed by atoms with Crippen LogP contribution in [0.3, 0.4) is 0 Å². The van der Waals surface area contributed by atoms with Crippen molar-refractivity contribution in [3.05, 3.63) is 0 Å². The van der Waals surface area contributed by atoms with Gasteiger partial charge in [0.1, 0.15) is 18.9 Å². The summed E-state index contributed by atoms with van der Waals surface area (Å²) >= 11 is 0. The van der Waals surface area contributed by atoms with Crippen LogP contribution in [0.15, 0.2) is 0 Å². The molecule has 0 bridgehead atoms. The summed E-state index contributed by atoms with van der Waals surface area (Å²) in [6.07, 6.45) is 0. The molecule has 8 heteroatoms. The Hall–Kier alpha value is 2.10. The molecule has 0 spiro atoms. The number of ether oxygens (including phenoxy) is 1. The fourth-order valence-electron chi connectivity index (χ4n) is 1.23. The van der Waals surface area contributed by atoms with Crippen LogP contribution >= 0.6 is 46.2 Å². The first-order valence-corrected chi connectivity index (χ1v) is 8.08. The van der Waals surface area contributed by atoms with E-state index in [1.807, 2.05) is 13.8 Å². The highest BCUT2D eigenvalue weighted by Gasteiger charge is 2.53. The molecule has 0 aromatic rings. The van der Waals surface area contributed by atoms with Crippen molar-refractivity contribution in [2.75, 3.05) is 0 Å². The molecule has 0 fully saturated rings. The molecule has 0 amide bonds. The lowest BCUT2D eigenvalue weighted by molar-refractivity contribution is -0.0897. The SMILES string of the molecule is [B]C(OC(P)(C(C)(C)F)C(C)(P)P)C(C)(P)P. The van der Waals surface area contributed by atoms with Crippen LogP contribution in [0.25, 0.3) is 0 Å². The molecule has 0 aromatic carbocycles. The smallest absolute Gasteiger partial charge is 0.138 e. The van der Waals surface area contributed by atoms with E-state index >= 15 is 0 Å². The first-order chi connectivity index (χ1) is 7.13. The van der Waals surface area contributed by atoms with Crippen molar-refractivity contribution < 1.29 is 9.13 Å². The molecule has 100 valence electrons. The van der Waals surface area contributed by atoms with Crippen LogP contribution in [-0.4, -0.2) is 34.7 Å². The summed E-state index contributed by atoms with van der Waals surface area (Å²) in [6.45, 7) is 6.74. The summed E-state index contributed by atoms with van der Waals surface area (Å²) in [5.41, 5.74) is -1.56. The van der Waals surface area contributed by atoms with Crippen molar-refractivity contribution in [3.8, 4) is 0 Å².